The maximum atomic E-state index is 11.5. The number of ether oxygens (including phenoxy) is 1. The Labute approximate surface area is 88.8 Å². The minimum absolute atomic E-state index is 0.00787. The average Bonchev–Trinajstić information content (AvgIpc) is 2.73. The van der Waals surface area contributed by atoms with Crippen molar-refractivity contribution < 1.29 is 14.1 Å². The first-order valence-electron chi connectivity index (χ1n) is 4.94. The third kappa shape index (κ3) is 3.36. The molecule has 0 aliphatic rings. The van der Waals surface area contributed by atoms with Crippen LogP contribution in [0.15, 0.2) is 10.6 Å². The van der Waals surface area contributed by atoms with Gasteiger partial charge in [0.2, 0.25) is 0 Å². The number of hydrogen-bond donors (Lipinski definition) is 1. The molecule has 0 aliphatic heterocycles. The Hall–Kier alpha value is -1.36. The van der Waals surface area contributed by atoms with E-state index in [0.717, 1.165) is 6.42 Å². The number of carbonyl (C=O) groups excluding carboxylic acids is 1. The van der Waals surface area contributed by atoms with E-state index in [2.05, 4.69) is 10.5 Å². The second-order valence-electron chi connectivity index (χ2n) is 3.29. The maximum absolute atomic E-state index is 11.5. The summed E-state index contributed by atoms with van der Waals surface area (Å²) >= 11 is 0. The quantitative estimate of drug-likeness (QED) is 0.790. The van der Waals surface area contributed by atoms with Gasteiger partial charge in [0.25, 0.3) is 5.91 Å². The van der Waals surface area contributed by atoms with E-state index in [1.165, 1.54) is 0 Å². The molecule has 1 aromatic rings. The highest BCUT2D eigenvalue weighted by molar-refractivity contribution is 5.92. The molecule has 5 nitrogen and oxygen atoms in total. The van der Waals surface area contributed by atoms with Crippen molar-refractivity contribution in [3.63, 3.8) is 0 Å². The minimum atomic E-state index is -0.234. The van der Waals surface area contributed by atoms with Gasteiger partial charge in [0, 0.05) is 26.1 Å². The van der Waals surface area contributed by atoms with E-state index in [9.17, 15) is 4.79 Å². The van der Waals surface area contributed by atoms with Crippen LogP contribution in [0.2, 0.25) is 0 Å². The van der Waals surface area contributed by atoms with Crippen LogP contribution in [0.3, 0.4) is 0 Å². The number of carbonyl (C=O) groups is 1. The van der Waals surface area contributed by atoms with Crippen molar-refractivity contribution in [1.82, 2.24) is 10.5 Å². The van der Waals surface area contributed by atoms with Gasteiger partial charge in [0.1, 0.15) is 5.76 Å². The van der Waals surface area contributed by atoms with Gasteiger partial charge in [-0.25, -0.2) is 0 Å². The second kappa shape index (κ2) is 5.50. The van der Waals surface area contributed by atoms with E-state index in [1.54, 1.807) is 13.2 Å². The Bertz CT molecular complexity index is 322. The van der Waals surface area contributed by atoms with Crippen molar-refractivity contribution in [1.29, 1.82) is 0 Å². The van der Waals surface area contributed by atoms with Gasteiger partial charge in [-0.2, -0.15) is 0 Å². The molecule has 1 amide bonds. The molecule has 1 N–H and O–H groups in total. The summed E-state index contributed by atoms with van der Waals surface area (Å²) < 4.78 is 9.93. The molecule has 5 heteroatoms. The number of hydrogen-bond acceptors (Lipinski definition) is 4. The molecule has 1 unspecified atom stereocenters. The van der Waals surface area contributed by atoms with Gasteiger partial charge in [-0.15, -0.1) is 0 Å². The van der Waals surface area contributed by atoms with Crippen LogP contribution < -0.4 is 5.32 Å². The Kier molecular flexibility index (Phi) is 4.30. The molecule has 0 spiro atoms. The van der Waals surface area contributed by atoms with E-state index in [0.29, 0.717) is 18.0 Å². The Balaban J connectivity index is 2.46. The third-order valence-electron chi connectivity index (χ3n) is 2.09. The van der Waals surface area contributed by atoms with Crippen LogP contribution >= 0.6 is 0 Å². The van der Waals surface area contributed by atoms with Crippen molar-refractivity contribution in [2.75, 3.05) is 13.7 Å². The standard InChI is InChI=1S/C10H16N2O3/c1-4-8-5-9(12-15-8)10(13)11-6-7(2)14-3/h5,7H,4,6H2,1-3H3,(H,11,13). The number of aryl methyl sites for hydroxylation is 1. The predicted molar refractivity (Wildman–Crippen MR) is 54.7 cm³/mol. The molecular weight excluding hydrogens is 196 g/mol. The summed E-state index contributed by atoms with van der Waals surface area (Å²) in [5, 5.41) is 6.36. The molecule has 1 aromatic heterocycles. The summed E-state index contributed by atoms with van der Waals surface area (Å²) in [5.74, 6) is 0.474. The lowest BCUT2D eigenvalue weighted by Gasteiger charge is -2.08. The van der Waals surface area contributed by atoms with E-state index >= 15 is 0 Å². The Morgan fingerprint density at radius 2 is 2.47 bits per heavy atom. The van der Waals surface area contributed by atoms with E-state index in [4.69, 9.17) is 9.26 Å². The normalized spacial score (nSPS) is 12.5. The molecule has 1 atom stereocenters. The number of aromatic nitrogens is 1. The molecule has 0 saturated carbocycles. The fourth-order valence-corrected chi connectivity index (χ4v) is 0.997. The van der Waals surface area contributed by atoms with Gasteiger partial charge < -0.3 is 14.6 Å². The van der Waals surface area contributed by atoms with E-state index in [-0.39, 0.29) is 12.0 Å². The largest absolute Gasteiger partial charge is 0.380 e. The van der Waals surface area contributed by atoms with Gasteiger partial charge in [-0.05, 0) is 6.92 Å². The predicted octanol–water partition coefficient (Wildman–Crippen LogP) is 1.00. The average molecular weight is 212 g/mol. The summed E-state index contributed by atoms with van der Waals surface area (Å²) in [6.07, 6.45) is 0.723. The van der Waals surface area contributed by atoms with Crippen molar-refractivity contribution in [3.8, 4) is 0 Å². The van der Waals surface area contributed by atoms with Crippen LogP contribution in [0.5, 0.6) is 0 Å². The first kappa shape index (κ1) is 11.7. The van der Waals surface area contributed by atoms with Crippen molar-refractivity contribution in [2.45, 2.75) is 26.4 Å². The first-order valence-corrected chi connectivity index (χ1v) is 4.94. The van der Waals surface area contributed by atoms with Crippen molar-refractivity contribution >= 4 is 5.91 Å². The highest BCUT2D eigenvalue weighted by Crippen LogP contribution is 2.03. The molecule has 1 heterocycles. The lowest BCUT2D eigenvalue weighted by molar-refractivity contribution is 0.0862. The fraction of sp³-hybridized carbons (Fsp3) is 0.600. The van der Waals surface area contributed by atoms with Crippen molar-refractivity contribution in [3.05, 3.63) is 17.5 Å². The highest BCUT2D eigenvalue weighted by atomic mass is 16.5. The molecule has 0 aromatic carbocycles. The summed E-state index contributed by atoms with van der Waals surface area (Å²) in [6.45, 7) is 4.28. The zero-order chi connectivity index (χ0) is 11.3. The van der Waals surface area contributed by atoms with E-state index < -0.39 is 0 Å². The van der Waals surface area contributed by atoms with Crippen LogP contribution in [0.1, 0.15) is 30.1 Å². The summed E-state index contributed by atoms with van der Waals surface area (Å²) in [7, 11) is 1.60. The van der Waals surface area contributed by atoms with Crippen molar-refractivity contribution in [2.24, 2.45) is 0 Å². The molecule has 15 heavy (non-hydrogen) atoms. The van der Waals surface area contributed by atoms with Crippen LogP contribution in [-0.2, 0) is 11.2 Å². The van der Waals surface area contributed by atoms with Gasteiger partial charge in [0.05, 0.1) is 6.10 Å². The van der Waals surface area contributed by atoms with Crippen LogP contribution in [0.25, 0.3) is 0 Å². The number of methoxy groups -OCH3 is 1. The summed E-state index contributed by atoms with van der Waals surface area (Å²) in [4.78, 5) is 11.5. The van der Waals surface area contributed by atoms with Crippen LogP contribution in [0.4, 0.5) is 0 Å². The Morgan fingerprint density at radius 3 is 3.00 bits per heavy atom. The molecule has 1 rings (SSSR count). The summed E-state index contributed by atoms with van der Waals surface area (Å²) in [5.41, 5.74) is 0.315. The third-order valence-corrected chi connectivity index (χ3v) is 2.09. The molecule has 0 aliphatic carbocycles. The Morgan fingerprint density at radius 1 is 1.73 bits per heavy atom. The minimum Gasteiger partial charge on any atom is -0.380 e. The van der Waals surface area contributed by atoms with Gasteiger partial charge >= 0.3 is 0 Å². The molecule has 0 radical (unpaired) electrons. The van der Waals surface area contributed by atoms with E-state index in [1.807, 2.05) is 13.8 Å². The second-order valence-corrected chi connectivity index (χ2v) is 3.29. The molecule has 0 bridgehead atoms. The summed E-state index contributed by atoms with van der Waals surface area (Å²) in [6, 6.07) is 1.65. The molecule has 0 saturated heterocycles. The zero-order valence-corrected chi connectivity index (χ0v) is 9.24. The first-order chi connectivity index (χ1) is 7.17. The SMILES string of the molecule is CCc1cc(C(=O)NCC(C)OC)no1. The van der Waals surface area contributed by atoms with Gasteiger partial charge in [-0.3, -0.25) is 4.79 Å². The number of rotatable bonds is 5. The number of nitrogens with one attached hydrogen (secondary N) is 1. The topological polar surface area (TPSA) is 64.4 Å². The van der Waals surface area contributed by atoms with Gasteiger partial charge in [-0.1, -0.05) is 12.1 Å². The lowest BCUT2D eigenvalue weighted by atomic mass is 10.3. The van der Waals surface area contributed by atoms with Gasteiger partial charge in [0.15, 0.2) is 5.69 Å². The monoisotopic (exact) mass is 212 g/mol. The molecular formula is C10H16N2O3. The maximum Gasteiger partial charge on any atom is 0.273 e. The molecule has 0 fully saturated rings. The lowest BCUT2D eigenvalue weighted by Crippen LogP contribution is -2.31. The smallest absolute Gasteiger partial charge is 0.273 e. The van der Waals surface area contributed by atoms with Crippen LogP contribution in [0, 0.1) is 0 Å². The highest BCUT2D eigenvalue weighted by Gasteiger charge is 2.12. The zero-order valence-electron chi connectivity index (χ0n) is 9.24. The fourth-order valence-electron chi connectivity index (χ4n) is 0.997. The van der Waals surface area contributed by atoms with Crippen LogP contribution in [-0.4, -0.2) is 30.8 Å². The number of amides is 1. The number of nitrogens with zero attached hydrogens (tertiary/aromatic N) is 1. The molecule has 84 valence electrons.